The Kier molecular flexibility index (Phi) is 5.63. The molecule has 0 spiro atoms. The van der Waals surface area contributed by atoms with Gasteiger partial charge in [0.1, 0.15) is 11.5 Å². The topological polar surface area (TPSA) is 86.3 Å². The van der Waals surface area contributed by atoms with Crippen LogP contribution in [0.4, 0.5) is 4.39 Å². The number of amides is 1. The van der Waals surface area contributed by atoms with Gasteiger partial charge >= 0.3 is 0 Å². The maximum Gasteiger partial charge on any atom is 0.274 e. The molecule has 1 amide bonds. The fourth-order valence-electron chi connectivity index (χ4n) is 3.94. The lowest BCUT2D eigenvalue weighted by molar-refractivity contribution is 0.0561. The van der Waals surface area contributed by atoms with E-state index in [9.17, 15) is 9.18 Å². The number of carbonyl (C=O) groups excluding carboxylic acids is 1. The molecule has 0 N–H and O–H groups in total. The second-order valence-electron chi connectivity index (χ2n) is 7.66. The molecule has 1 fully saturated rings. The second-order valence-corrected chi connectivity index (χ2v) is 7.66. The van der Waals surface area contributed by atoms with Crippen LogP contribution in [0.2, 0.25) is 0 Å². The number of hydrogen-bond acceptors (Lipinski definition) is 6. The van der Waals surface area contributed by atoms with Crippen LogP contribution in [-0.2, 0) is 17.2 Å². The van der Waals surface area contributed by atoms with Gasteiger partial charge in [0.15, 0.2) is 5.82 Å². The van der Waals surface area contributed by atoms with E-state index in [1.807, 2.05) is 0 Å². The van der Waals surface area contributed by atoms with Crippen LogP contribution < -0.4 is 0 Å². The zero-order valence-electron chi connectivity index (χ0n) is 17.0. The predicted molar refractivity (Wildman–Crippen MR) is 106 cm³/mol. The Morgan fingerprint density at radius 2 is 2.10 bits per heavy atom. The number of benzene rings is 1. The molecule has 1 aliphatic heterocycles. The average Bonchev–Trinajstić information content (AvgIpc) is 3.42. The maximum atomic E-state index is 13.2. The molecular weight excluding hydrogens is 389 g/mol. The number of aryl methyl sites for hydroxylation is 1. The fraction of sp³-hybridized carbons (Fsp3) is 0.429. The lowest BCUT2D eigenvalue weighted by Gasteiger charge is -2.40. The molecule has 158 valence electrons. The summed E-state index contributed by atoms with van der Waals surface area (Å²) < 4.78 is 25.7. The van der Waals surface area contributed by atoms with Crippen molar-refractivity contribution in [1.82, 2.24) is 24.8 Å². The Morgan fingerprint density at radius 1 is 1.30 bits per heavy atom. The van der Waals surface area contributed by atoms with Crippen molar-refractivity contribution in [2.45, 2.75) is 24.7 Å². The van der Waals surface area contributed by atoms with Crippen LogP contribution in [0.15, 0.2) is 41.1 Å². The Hall–Kier alpha value is -3.07. The van der Waals surface area contributed by atoms with E-state index in [0.29, 0.717) is 49.1 Å². The van der Waals surface area contributed by atoms with Crippen LogP contribution in [-0.4, -0.2) is 57.5 Å². The average molecular weight is 413 g/mol. The van der Waals surface area contributed by atoms with Crippen LogP contribution >= 0.6 is 0 Å². The van der Waals surface area contributed by atoms with Crippen molar-refractivity contribution >= 4 is 5.91 Å². The Balaban J connectivity index is 1.62. The Morgan fingerprint density at radius 3 is 2.80 bits per heavy atom. The molecule has 1 saturated heterocycles. The summed E-state index contributed by atoms with van der Waals surface area (Å²) in [5.74, 6) is 0.428. The smallest absolute Gasteiger partial charge is 0.274 e. The van der Waals surface area contributed by atoms with Gasteiger partial charge in [-0.15, -0.1) is 0 Å². The molecule has 1 unspecified atom stereocenters. The van der Waals surface area contributed by atoms with Crippen molar-refractivity contribution in [3.63, 3.8) is 0 Å². The molecule has 0 aliphatic carbocycles. The molecule has 3 aromatic rings. The van der Waals surface area contributed by atoms with Crippen LogP contribution in [0.25, 0.3) is 11.5 Å². The van der Waals surface area contributed by atoms with Crippen molar-refractivity contribution in [2.24, 2.45) is 7.05 Å². The van der Waals surface area contributed by atoms with E-state index < -0.39 is 5.41 Å². The molecule has 0 saturated carbocycles. The molecule has 30 heavy (non-hydrogen) atoms. The number of rotatable bonds is 6. The van der Waals surface area contributed by atoms with Crippen LogP contribution in [0, 0.1) is 5.82 Å². The fourth-order valence-corrected chi connectivity index (χ4v) is 3.94. The van der Waals surface area contributed by atoms with Crippen LogP contribution in [0.1, 0.15) is 35.6 Å². The van der Waals surface area contributed by atoms with Crippen molar-refractivity contribution in [3.8, 4) is 11.5 Å². The zero-order chi connectivity index (χ0) is 21.1. The van der Waals surface area contributed by atoms with Crippen molar-refractivity contribution in [2.75, 3.05) is 26.8 Å². The Labute approximate surface area is 173 Å². The minimum absolute atomic E-state index is 0.112. The molecular formula is C21H24FN5O3. The SMILES string of the molecule is COCCC1(c2noc(-c3ccc(F)cc3)n2)CCCN(C(=O)c2ccn(C)n2)C1. The first kappa shape index (κ1) is 20.2. The molecule has 1 atom stereocenters. The van der Waals surface area contributed by atoms with Crippen LogP contribution in [0.3, 0.4) is 0 Å². The normalized spacial score (nSPS) is 19.2. The molecule has 1 aliphatic rings. The minimum atomic E-state index is -0.486. The van der Waals surface area contributed by atoms with E-state index in [2.05, 4.69) is 15.2 Å². The first-order valence-corrected chi connectivity index (χ1v) is 9.89. The summed E-state index contributed by atoms with van der Waals surface area (Å²) in [6, 6.07) is 7.63. The molecule has 3 heterocycles. The van der Waals surface area contributed by atoms with Gasteiger partial charge in [-0.05, 0) is 49.6 Å². The van der Waals surface area contributed by atoms with Gasteiger partial charge in [-0.1, -0.05) is 5.16 Å². The van der Waals surface area contributed by atoms with Crippen LogP contribution in [0.5, 0.6) is 0 Å². The molecule has 2 aromatic heterocycles. The number of piperidine rings is 1. The summed E-state index contributed by atoms with van der Waals surface area (Å²) in [4.78, 5) is 19.4. The van der Waals surface area contributed by atoms with Gasteiger partial charge in [-0.3, -0.25) is 9.48 Å². The second kappa shape index (κ2) is 8.35. The summed E-state index contributed by atoms with van der Waals surface area (Å²) in [7, 11) is 3.43. The number of aromatic nitrogens is 4. The van der Waals surface area contributed by atoms with Gasteiger partial charge in [0.05, 0.1) is 5.41 Å². The predicted octanol–water partition coefficient (Wildman–Crippen LogP) is 2.82. The number of nitrogens with zero attached hydrogens (tertiary/aromatic N) is 5. The van der Waals surface area contributed by atoms with E-state index in [1.54, 1.807) is 48.1 Å². The number of halogens is 1. The van der Waals surface area contributed by atoms with E-state index in [0.717, 1.165) is 12.8 Å². The number of methoxy groups -OCH3 is 1. The summed E-state index contributed by atoms with van der Waals surface area (Å²) in [6.45, 7) is 1.60. The third-order valence-electron chi connectivity index (χ3n) is 5.57. The largest absolute Gasteiger partial charge is 0.385 e. The molecule has 8 nitrogen and oxygen atoms in total. The lowest BCUT2D eigenvalue weighted by atomic mass is 9.76. The highest BCUT2D eigenvalue weighted by molar-refractivity contribution is 5.92. The molecule has 0 radical (unpaired) electrons. The van der Waals surface area contributed by atoms with Gasteiger partial charge < -0.3 is 14.2 Å². The van der Waals surface area contributed by atoms with Gasteiger partial charge in [0.2, 0.25) is 0 Å². The van der Waals surface area contributed by atoms with Crippen molar-refractivity contribution < 1.29 is 18.4 Å². The number of ether oxygens (including phenoxy) is 1. The Bertz CT molecular complexity index is 1020. The molecule has 9 heteroatoms. The zero-order valence-corrected chi connectivity index (χ0v) is 17.0. The van der Waals surface area contributed by atoms with E-state index in [1.165, 1.54) is 12.1 Å². The van der Waals surface area contributed by atoms with Crippen molar-refractivity contribution in [3.05, 3.63) is 53.9 Å². The highest BCUT2D eigenvalue weighted by atomic mass is 19.1. The van der Waals surface area contributed by atoms with E-state index in [4.69, 9.17) is 9.26 Å². The third kappa shape index (κ3) is 3.97. The number of likely N-dealkylation sites (tertiary alicyclic amines) is 1. The van der Waals surface area contributed by atoms with E-state index >= 15 is 0 Å². The third-order valence-corrected chi connectivity index (χ3v) is 5.57. The van der Waals surface area contributed by atoms with Gasteiger partial charge in [0, 0.05) is 45.6 Å². The highest BCUT2D eigenvalue weighted by Gasteiger charge is 2.42. The van der Waals surface area contributed by atoms with Gasteiger partial charge in [-0.25, -0.2) is 4.39 Å². The quantitative estimate of drug-likeness (QED) is 0.618. The monoisotopic (exact) mass is 413 g/mol. The first-order valence-electron chi connectivity index (χ1n) is 9.89. The summed E-state index contributed by atoms with van der Waals surface area (Å²) in [5, 5.41) is 8.48. The molecule has 4 rings (SSSR count). The number of hydrogen-bond donors (Lipinski definition) is 0. The molecule has 1 aromatic carbocycles. The molecule has 0 bridgehead atoms. The van der Waals surface area contributed by atoms with E-state index in [-0.39, 0.29) is 11.7 Å². The minimum Gasteiger partial charge on any atom is -0.385 e. The van der Waals surface area contributed by atoms with Gasteiger partial charge in [0.25, 0.3) is 11.8 Å². The summed E-state index contributed by atoms with van der Waals surface area (Å²) in [6.07, 6.45) is 4.02. The maximum absolute atomic E-state index is 13.2. The van der Waals surface area contributed by atoms with Crippen molar-refractivity contribution in [1.29, 1.82) is 0 Å². The standard InChI is InChI=1S/C21H24FN5O3/c1-26-12-8-17(24-26)19(28)27-11-3-9-21(14-27,10-13-29-2)20-23-18(30-25-20)15-4-6-16(22)7-5-15/h4-8,12H,3,9-11,13-14H2,1-2H3. The summed E-state index contributed by atoms with van der Waals surface area (Å²) in [5.41, 5.74) is 0.579. The van der Waals surface area contributed by atoms with Gasteiger partial charge in [-0.2, -0.15) is 10.1 Å². The summed E-state index contributed by atoms with van der Waals surface area (Å²) >= 11 is 0. The lowest BCUT2D eigenvalue weighted by Crippen LogP contribution is -2.49. The highest BCUT2D eigenvalue weighted by Crippen LogP contribution is 2.37. The number of carbonyl (C=O) groups is 1. The first-order chi connectivity index (χ1) is 14.5.